The monoisotopic (exact) mass is 272 g/mol. The van der Waals surface area contributed by atoms with E-state index in [0.29, 0.717) is 13.0 Å². The molecule has 19 heavy (non-hydrogen) atoms. The summed E-state index contributed by atoms with van der Waals surface area (Å²) in [5, 5.41) is 0. The first-order valence-corrected chi connectivity index (χ1v) is 7.48. The number of rotatable bonds is 5. The molecule has 0 saturated carbocycles. The predicted octanol–water partition coefficient (Wildman–Crippen LogP) is 1.65. The van der Waals surface area contributed by atoms with Crippen molar-refractivity contribution in [3.63, 3.8) is 0 Å². The molecule has 1 atom stereocenters. The lowest BCUT2D eigenvalue weighted by Gasteiger charge is -2.32. The molecule has 2 saturated heterocycles. The van der Waals surface area contributed by atoms with E-state index >= 15 is 0 Å². The number of alkyl halides is 1. The largest absolute Gasteiger partial charge is 0.466 e. The summed E-state index contributed by atoms with van der Waals surface area (Å²) in [4.78, 5) is 15.9. The van der Waals surface area contributed by atoms with Gasteiger partial charge >= 0.3 is 5.97 Å². The maximum atomic E-state index is 13.4. The van der Waals surface area contributed by atoms with Crippen LogP contribution < -0.4 is 0 Å². The molecule has 2 heterocycles. The number of carbonyl (C=O) groups excluding carboxylic acids is 1. The predicted molar refractivity (Wildman–Crippen MR) is 71.5 cm³/mol. The third-order valence-electron chi connectivity index (χ3n) is 4.19. The van der Waals surface area contributed by atoms with Gasteiger partial charge in [0.1, 0.15) is 0 Å². The van der Waals surface area contributed by atoms with Crippen LogP contribution in [0.5, 0.6) is 0 Å². The van der Waals surface area contributed by atoms with Gasteiger partial charge in [-0.1, -0.05) is 0 Å². The molecular weight excluding hydrogens is 247 g/mol. The standard InChI is InChI=1S/C14H25FN2O2/c1-2-19-14(18)12-5-8-16(9-6-12)10-11-17-7-3-4-13(17)15/h12-13H,2-11H2,1H3. The van der Waals surface area contributed by atoms with Gasteiger partial charge in [-0.05, 0) is 45.7 Å². The molecule has 0 bridgehead atoms. The zero-order valence-corrected chi connectivity index (χ0v) is 11.8. The number of esters is 1. The summed E-state index contributed by atoms with van der Waals surface area (Å²) < 4.78 is 18.5. The smallest absolute Gasteiger partial charge is 0.309 e. The first-order chi connectivity index (χ1) is 9.20. The molecule has 0 aromatic carbocycles. The van der Waals surface area contributed by atoms with E-state index < -0.39 is 6.30 Å². The SMILES string of the molecule is CCOC(=O)C1CCN(CCN2CCCC2F)CC1. The Kier molecular flexibility index (Phi) is 5.58. The van der Waals surface area contributed by atoms with Crippen molar-refractivity contribution in [2.24, 2.45) is 5.92 Å². The molecule has 2 aliphatic rings. The van der Waals surface area contributed by atoms with Gasteiger partial charge in [-0.15, -0.1) is 0 Å². The van der Waals surface area contributed by atoms with Crippen molar-refractivity contribution in [2.75, 3.05) is 39.3 Å². The molecule has 0 radical (unpaired) electrons. The molecule has 0 aromatic heterocycles. The molecule has 0 aromatic rings. The molecule has 1 unspecified atom stereocenters. The fourth-order valence-corrected chi connectivity index (χ4v) is 2.96. The minimum atomic E-state index is -0.739. The summed E-state index contributed by atoms with van der Waals surface area (Å²) in [6, 6.07) is 0. The second-order valence-corrected chi connectivity index (χ2v) is 5.48. The van der Waals surface area contributed by atoms with Gasteiger partial charge in [0.25, 0.3) is 0 Å². The van der Waals surface area contributed by atoms with E-state index in [4.69, 9.17) is 4.74 Å². The van der Waals surface area contributed by atoms with E-state index in [2.05, 4.69) is 4.90 Å². The van der Waals surface area contributed by atoms with Crippen LogP contribution in [0, 0.1) is 5.92 Å². The van der Waals surface area contributed by atoms with Gasteiger partial charge < -0.3 is 9.64 Å². The van der Waals surface area contributed by atoms with Crippen molar-refractivity contribution in [3.05, 3.63) is 0 Å². The Bertz CT molecular complexity index is 293. The average Bonchev–Trinajstić information content (AvgIpc) is 2.83. The average molecular weight is 272 g/mol. The number of ether oxygens (including phenoxy) is 1. The lowest BCUT2D eigenvalue weighted by Crippen LogP contribution is -2.41. The Morgan fingerprint density at radius 3 is 2.53 bits per heavy atom. The Balaban J connectivity index is 1.64. The lowest BCUT2D eigenvalue weighted by molar-refractivity contribution is -0.149. The normalized spacial score (nSPS) is 26.7. The maximum Gasteiger partial charge on any atom is 0.309 e. The molecule has 2 rings (SSSR count). The minimum Gasteiger partial charge on any atom is -0.466 e. The highest BCUT2D eigenvalue weighted by Crippen LogP contribution is 2.20. The molecule has 0 aliphatic carbocycles. The van der Waals surface area contributed by atoms with Crippen molar-refractivity contribution in [2.45, 2.75) is 38.9 Å². The third kappa shape index (κ3) is 4.14. The molecule has 0 N–H and O–H groups in total. The Hall–Kier alpha value is -0.680. The summed E-state index contributed by atoms with van der Waals surface area (Å²) in [7, 11) is 0. The highest BCUT2D eigenvalue weighted by Gasteiger charge is 2.27. The van der Waals surface area contributed by atoms with E-state index in [-0.39, 0.29) is 11.9 Å². The fraction of sp³-hybridized carbons (Fsp3) is 0.929. The summed E-state index contributed by atoms with van der Waals surface area (Å²) >= 11 is 0. The molecule has 2 aliphatic heterocycles. The molecule has 0 spiro atoms. The van der Waals surface area contributed by atoms with Crippen molar-refractivity contribution in [3.8, 4) is 0 Å². The Labute approximate surface area is 114 Å². The molecule has 110 valence electrons. The molecule has 2 fully saturated rings. The van der Waals surface area contributed by atoms with Crippen molar-refractivity contribution in [1.29, 1.82) is 0 Å². The van der Waals surface area contributed by atoms with Gasteiger partial charge in [0.2, 0.25) is 0 Å². The highest BCUT2D eigenvalue weighted by molar-refractivity contribution is 5.72. The summed E-state index contributed by atoms with van der Waals surface area (Å²) in [5.74, 6) is 0.0161. The van der Waals surface area contributed by atoms with E-state index in [0.717, 1.165) is 52.0 Å². The number of likely N-dealkylation sites (tertiary alicyclic amines) is 2. The van der Waals surface area contributed by atoms with E-state index in [9.17, 15) is 9.18 Å². The van der Waals surface area contributed by atoms with Crippen molar-refractivity contribution < 1.29 is 13.9 Å². The van der Waals surface area contributed by atoms with E-state index in [1.807, 2.05) is 11.8 Å². The van der Waals surface area contributed by atoms with Gasteiger partial charge in [-0.2, -0.15) is 0 Å². The Morgan fingerprint density at radius 2 is 1.95 bits per heavy atom. The summed E-state index contributed by atoms with van der Waals surface area (Å²) in [6.07, 6.45) is 2.67. The number of halogens is 1. The second kappa shape index (κ2) is 7.20. The molecule has 5 heteroatoms. The van der Waals surface area contributed by atoms with E-state index in [1.54, 1.807) is 0 Å². The van der Waals surface area contributed by atoms with Gasteiger partial charge in [0.05, 0.1) is 12.5 Å². The Morgan fingerprint density at radius 1 is 1.21 bits per heavy atom. The third-order valence-corrected chi connectivity index (χ3v) is 4.19. The van der Waals surface area contributed by atoms with Crippen LogP contribution in [0.1, 0.15) is 32.6 Å². The molecule has 0 amide bonds. The van der Waals surface area contributed by atoms with Crippen LogP contribution in [0.2, 0.25) is 0 Å². The number of hydrogen-bond acceptors (Lipinski definition) is 4. The molecular formula is C14H25FN2O2. The number of piperidine rings is 1. The quantitative estimate of drug-likeness (QED) is 0.563. The van der Waals surface area contributed by atoms with Gasteiger partial charge in [-0.25, -0.2) is 4.39 Å². The van der Waals surface area contributed by atoms with Crippen LogP contribution >= 0.6 is 0 Å². The summed E-state index contributed by atoms with van der Waals surface area (Å²) in [5.41, 5.74) is 0. The van der Waals surface area contributed by atoms with Gasteiger partial charge in [-0.3, -0.25) is 9.69 Å². The first-order valence-electron chi connectivity index (χ1n) is 7.48. The van der Waals surface area contributed by atoms with E-state index in [1.165, 1.54) is 0 Å². The zero-order chi connectivity index (χ0) is 13.7. The lowest BCUT2D eigenvalue weighted by atomic mass is 9.97. The van der Waals surface area contributed by atoms with Crippen LogP contribution in [-0.2, 0) is 9.53 Å². The first kappa shape index (κ1) is 14.7. The van der Waals surface area contributed by atoms with Crippen molar-refractivity contribution in [1.82, 2.24) is 9.80 Å². The highest BCUT2D eigenvalue weighted by atomic mass is 19.1. The topological polar surface area (TPSA) is 32.8 Å². The number of nitrogens with zero attached hydrogens (tertiary/aromatic N) is 2. The number of hydrogen-bond donors (Lipinski definition) is 0. The molecule has 4 nitrogen and oxygen atoms in total. The maximum absolute atomic E-state index is 13.4. The zero-order valence-electron chi connectivity index (χ0n) is 11.8. The van der Waals surface area contributed by atoms with Crippen LogP contribution in [0.25, 0.3) is 0 Å². The van der Waals surface area contributed by atoms with Crippen LogP contribution in [0.4, 0.5) is 4.39 Å². The minimum absolute atomic E-state index is 0.0504. The van der Waals surface area contributed by atoms with Crippen LogP contribution in [0.15, 0.2) is 0 Å². The second-order valence-electron chi connectivity index (χ2n) is 5.48. The van der Waals surface area contributed by atoms with Crippen molar-refractivity contribution >= 4 is 5.97 Å². The van der Waals surface area contributed by atoms with Gasteiger partial charge in [0, 0.05) is 19.6 Å². The van der Waals surface area contributed by atoms with Crippen LogP contribution in [0.3, 0.4) is 0 Å². The van der Waals surface area contributed by atoms with Gasteiger partial charge in [0.15, 0.2) is 6.30 Å². The summed E-state index contributed by atoms with van der Waals surface area (Å²) in [6.45, 7) is 6.77. The number of carbonyl (C=O) groups is 1. The fourth-order valence-electron chi connectivity index (χ4n) is 2.96. The van der Waals surface area contributed by atoms with Crippen LogP contribution in [-0.4, -0.2) is 61.4 Å².